The molecule has 0 spiro atoms. The molecule has 0 aliphatic rings. The van der Waals surface area contributed by atoms with Crippen molar-refractivity contribution >= 4 is 10.1 Å². The minimum Gasteiger partial charge on any atom is -0.314 e. The molecule has 0 saturated carbocycles. The molecule has 5 nitrogen and oxygen atoms in total. The van der Waals surface area contributed by atoms with Crippen LogP contribution in [-0.2, 0) is 10.1 Å². The molecule has 0 fully saturated rings. The molecule has 0 atom stereocenters. The van der Waals surface area contributed by atoms with Crippen LogP contribution in [-0.4, -0.2) is 42.1 Å². The normalized spacial score (nSPS) is 12.4. The molecular formula is C5H13NO4S. The Hall–Kier alpha value is -0.170. The zero-order valence-corrected chi connectivity index (χ0v) is 7.21. The Kier molecular flexibility index (Phi) is 4.58. The van der Waals surface area contributed by atoms with Crippen LogP contribution < -0.4 is 0 Å². The van der Waals surface area contributed by atoms with Crippen molar-refractivity contribution in [1.29, 1.82) is 0 Å². The fourth-order valence-corrected chi connectivity index (χ4v) is 1.03. The van der Waals surface area contributed by atoms with Gasteiger partial charge in [-0.15, -0.1) is 0 Å². The number of nitrogens with zero attached hydrogens (tertiary/aromatic N) is 1. The highest BCUT2D eigenvalue weighted by Gasteiger charge is 2.06. The summed E-state index contributed by atoms with van der Waals surface area (Å²) in [4.78, 5) is 0. The lowest BCUT2D eigenvalue weighted by atomic mass is 10.5. The topological polar surface area (TPSA) is 77.8 Å². The quantitative estimate of drug-likeness (QED) is 0.462. The van der Waals surface area contributed by atoms with E-state index in [0.717, 1.165) is 11.5 Å². The maximum absolute atomic E-state index is 10.2. The zero-order valence-electron chi connectivity index (χ0n) is 6.39. The molecule has 6 heteroatoms. The maximum atomic E-state index is 10.2. The standard InChI is InChI=1S/C5H13NO4S/c1-2-3-6(7)4-5-11(8,9)10/h7H,2-5H2,1H3,(H,8,9,10). The van der Waals surface area contributed by atoms with Crippen LogP contribution in [0.1, 0.15) is 13.3 Å². The van der Waals surface area contributed by atoms with Crippen LogP contribution in [0.5, 0.6) is 0 Å². The molecule has 11 heavy (non-hydrogen) atoms. The second-order valence-corrected chi connectivity index (χ2v) is 3.81. The van der Waals surface area contributed by atoms with Gasteiger partial charge in [-0.1, -0.05) is 6.92 Å². The highest BCUT2D eigenvalue weighted by molar-refractivity contribution is 7.85. The van der Waals surface area contributed by atoms with Crippen molar-refractivity contribution in [2.75, 3.05) is 18.8 Å². The largest absolute Gasteiger partial charge is 0.314 e. The van der Waals surface area contributed by atoms with Gasteiger partial charge in [0.05, 0.1) is 5.75 Å². The molecule has 0 rings (SSSR count). The SMILES string of the molecule is CCCN(O)CCS(=O)(=O)O. The van der Waals surface area contributed by atoms with E-state index in [2.05, 4.69) is 0 Å². The highest BCUT2D eigenvalue weighted by atomic mass is 32.2. The first kappa shape index (κ1) is 10.8. The van der Waals surface area contributed by atoms with Gasteiger partial charge in [-0.05, 0) is 6.42 Å². The molecule has 0 aromatic rings. The smallest absolute Gasteiger partial charge is 0.266 e. The third-order valence-electron chi connectivity index (χ3n) is 1.09. The number of hydrogen-bond donors (Lipinski definition) is 2. The van der Waals surface area contributed by atoms with E-state index in [4.69, 9.17) is 9.76 Å². The molecule has 68 valence electrons. The van der Waals surface area contributed by atoms with Gasteiger partial charge in [-0.25, -0.2) is 0 Å². The minimum atomic E-state index is -3.94. The first-order valence-electron chi connectivity index (χ1n) is 3.34. The predicted molar refractivity (Wildman–Crippen MR) is 40.1 cm³/mol. The van der Waals surface area contributed by atoms with E-state index in [0.29, 0.717) is 6.54 Å². The minimum absolute atomic E-state index is 0.0489. The van der Waals surface area contributed by atoms with Gasteiger partial charge in [0.25, 0.3) is 10.1 Å². The van der Waals surface area contributed by atoms with Gasteiger partial charge >= 0.3 is 0 Å². The van der Waals surface area contributed by atoms with Crippen LogP contribution in [0.15, 0.2) is 0 Å². The summed E-state index contributed by atoms with van der Waals surface area (Å²) >= 11 is 0. The van der Waals surface area contributed by atoms with E-state index in [1.165, 1.54) is 0 Å². The van der Waals surface area contributed by atoms with Crippen molar-refractivity contribution in [2.45, 2.75) is 13.3 Å². The summed E-state index contributed by atoms with van der Waals surface area (Å²) in [5.41, 5.74) is 0. The van der Waals surface area contributed by atoms with E-state index in [-0.39, 0.29) is 6.54 Å². The Balaban J connectivity index is 3.54. The number of rotatable bonds is 5. The molecule has 0 heterocycles. The lowest BCUT2D eigenvalue weighted by Gasteiger charge is -2.11. The van der Waals surface area contributed by atoms with E-state index in [1.54, 1.807) is 0 Å². The van der Waals surface area contributed by atoms with Gasteiger partial charge in [0.15, 0.2) is 0 Å². The first-order chi connectivity index (χ1) is 4.95. The van der Waals surface area contributed by atoms with Gasteiger partial charge in [0, 0.05) is 13.1 Å². The molecule has 2 N–H and O–H groups in total. The molecule has 0 aromatic carbocycles. The highest BCUT2D eigenvalue weighted by Crippen LogP contribution is 1.88. The van der Waals surface area contributed by atoms with Crippen molar-refractivity contribution in [3.05, 3.63) is 0 Å². The second kappa shape index (κ2) is 4.66. The molecule has 0 bridgehead atoms. The van der Waals surface area contributed by atoms with Gasteiger partial charge in [-0.3, -0.25) is 4.55 Å². The van der Waals surface area contributed by atoms with Crippen molar-refractivity contribution < 1.29 is 18.2 Å². The van der Waals surface area contributed by atoms with Crippen LogP contribution >= 0.6 is 0 Å². The Labute approximate surface area is 66.3 Å². The summed E-state index contributed by atoms with van der Waals surface area (Å²) in [6.45, 7) is 2.22. The van der Waals surface area contributed by atoms with Crippen LogP contribution in [0.3, 0.4) is 0 Å². The molecule has 0 aliphatic carbocycles. The Bertz CT molecular complexity index is 189. The summed E-state index contributed by atoms with van der Waals surface area (Å²) < 4.78 is 28.6. The third-order valence-corrected chi connectivity index (χ3v) is 1.79. The van der Waals surface area contributed by atoms with Crippen molar-refractivity contribution in [2.24, 2.45) is 0 Å². The average molecular weight is 183 g/mol. The van der Waals surface area contributed by atoms with Crippen LogP contribution in [0, 0.1) is 0 Å². The Morgan fingerprint density at radius 3 is 2.27 bits per heavy atom. The van der Waals surface area contributed by atoms with E-state index >= 15 is 0 Å². The lowest BCUT2D eigenvalue weighted by Crippen LogP contribution is -2.26. The van der Waals surface area contributed by atoms with Gasteiger partial charge in [-0.2, -0.15) is 13.5 Å². The first-order valence-corrected chi connectivity index (χ1v) is 4.95. The summed E-state index contributed by atoms with van der Waals surface area (Å²) in [5, 5.41) is 9.74. The molecule has 0 saturated heterocycles. The lowest BCUT2D eigenvalue weighted by molar-refractivity contribution is -0.0852. The van der Waals surface area contributed by atoms with E-state index in [1.807, 2.05) is 6.92 Å². The van der Waals surface area contributed by atoms with Crippen molar-refractivity contribution in [3.63, 3.8) is 0 Å². The summed E-state index contributed by atoms with van der Waals surface area (Å²) in [6.07, 6.45) is 0.738. The van der Waals surface area contributed by atoms with E-state index in [9.17, 15) is 8.42 Å². The fraction of sp³-hybridized carbons (Fsp3) is 1.00. The predicted octanol–water partition coefficient (Wildman–Crippen LogP) is -0.0246. The summed E-state index contributed by atoms with van der Waals surface area (Å²) in [5.74, 6) is -0.427. The molecule has 0 amide bonds. The monoisotopic (exact) mass is 183 g/mol. The van der Waals surface area contributed by atoms with Gasteiger partial charge in [0.2, 0.25) is 0 Å². The summed E-state index contributed by atoms with van der Waals surface area (Å²) in [6, 6.07) is 0. The Morgan fingerprint density at radius 1 is 1.36 bits per heavy atom. The molecule has 0 unspecified atom stereocenters. The zero-order chi connectivity index (χ0) is 8.91. The fourth-order valence-electron chi connectivity index (χ4n) is 0.591. The van der Waals surface area contributed by atoms with Gasteiger partial charge in [0.1, 0.15) is 0 Å². The van der Waals surface area contributed by atoms with Crippen LogP contribution in [0.2, 0.25) is 0 Å². The Morgan fingerprint density at radius 2 is 1.91 bits per heavy atom. The van der Waals surface area contributed by atoms with Crippen LogP contribution in [0.4, 0.5) is 0 Å². The summed E-state index contributed by atoms with van der Waals surface area (Å²) in [7, 11) is -3.94. The molecular weight excluding hydrogens is 170 g/mol. The van der Waals surface area contributed by atoms with Crippen molar-refractivity contribution in [3.8, 4) is 0 Å². The number of hydrogen-bond acceptors (Lipinski definition) is 4. The number of hydroxylamine groups is 2. The van der Waals surface area contributed by atoms with Crippen LogP contribution in [0.25, 0.3) is 0 Å². The van der Waals surface area contributed by atoms with E-state index < -0.39 is 15.9 Å². The van der Waals surface area contributed by atoms with Crippen molar-refractivity contribution in [1.82, 2.24) is 5.06 Å². The second-order valence-electron chi connectivity index (χ2n) is 2.24. The third kappa shape index (κ3) is 7.73. The molecule has 0 aromatic heterocycles. The molecule has 0 aliphatic heterocycles. The maximum Gasteiger partial charge on any atom is 0.266 e. The molecule has 0 radical (unpaired) electrons. The average Bonchev–Trinajstić information content (AvgIpc) is 1.83. The van der Waals surface area contributed by atoms with Gasteiger partial charge < -0.3 is 5.21 Å².